The highest BCUT2D eigenvalue weighted by atomic mass is 35.5. The molecule has 8 heteroatoms. The highest BCUT2D eigenvalue weighted by Crippen LogP contribution is 2.21. The normalized spacial score (nSPS) is 13.7. The van der Waals surface area contributed by atoms with Crippen molar-refractivity contribution in [2.45, 2.75) is 19.4 Å². The van der Waals surface area contributed by atoms with Crippen molar-refractivity contribution < 1.29 is 14.7 Å². The summed E-state index contributed by atoms with van der Waals surface area (Å²) in [4.78, 5) is 35.8. The summed E-state index contributed by atoms with van der Waals surface area (Å²) >= 11 is 6.14. The van der Waals surface area contributed by atoms with Gasteiger partial charge in [0.25, 0.3) is 5.91 Å². The number of hydrogen-bond acceptors (Lipinski definition) is 5. The molecule has 1 amide bonds. The van der Waals surface area contributed by atoms with E-state index in [4.69, 9.17) is 16.7 Å². The van der Waals surface area contributed by atoms with E-state index in [0.29, 0.717) is 12.5 Å². The first-order valence-corrected chi connectivity index (χ1v) is 8.68. The van der Waals surface area contributed by atoms with Crippen molar-refractivity contribution in [3.05, 3.63) is 52.3 Å². The number of carboxylic acids is 1. The number of anilines is 1. The minimum Gasteiger partial charge on any atom is -0.478 e. The van der Waals surface area contributed by atoms with Crippen LogP contribution >= 0.6 is 11.6 Å². The molecule has 0 atom stereocenters. The summed E-state index contributed by atoms with van der Waals surface area (Å²) in [6.45, 7) is 2.07. The van der Waals surface area contributed by atoms with Crippen molar-refractivity contribution in [1.82, 2.24) is 14.9 Å². The summed E-state index contributed by atoms with van der Waals surface area (Å²) in [5.41, 5.74) is 1.20. The molecule has 0 radical (unpaired) electrons. The highest BCUT2D eigenvalue weighted by molar-refractivity contribution is 6.33. The van der Waals surface area contributed by atoms with Crippen molar-refractivity contribution >= 4 is 29.4 Å². The molecule has 0 saturated carbocycles. The van der Waals surface area contributed by atoms with Crippen molar-refractivity contribution in [2.24, 2.45) is 0 Å². The lowest BCUT2D eigenvalue weighted by Crippen LogP contribution is -2.29. The van der Waals surface area contributed by atoms with E-state index in [9.17, 15) is 9.59 Å². The molecule has 0 unspecified atom stereocenters. The van der Waals surface area contributed by atoms with Gasteiger partial charge in [0.2, 0.25) is 5.95 Å². The smallest absolute Gasteiger partial charge is 0.335 e. The van der Waals surface area contributed by atoms with Gasteiger partial charge in [-0.2, -0.15) is 0 Å². The van der Waals surface area contributed by atoms with Gasteiger partial charge in [0.15, 0.2) is 5.69 Å². The predicted molar refractivity (Wildman–Crippen MR) is 97.7 cm³/mol. The topological polar surface area (TPSA) is 86.6 Å². The quantitative estimate of drug-likeness (QED) is 0.865. The van der Waals surface area contributed by atoms with Crippen LogP contribution < -0.4 is 4.90 Å². The Morgan fingerprint density at radius 3 is 2.50 bits per heavy atom. The molecule has 136 valence electrons. The molecular weight excluding hydrogens is 356 g/mol. The van der Waals surface area contributed by atoms with Crippen LogP contribution in [0.25, 0.3) is 0 Å². The van der Waals surface area contributed by atoms with E-state index in [1.807, 2.05) is 4.90 Å². The van der Waals surface area contributed by atoms with Gasteiger partial charge in [0.05, 0.1) is 16.8 Å². The summed E-state index contributed by atoms with van der Waals surface area (Å²) in [6, 6.07) is 6.40. The summed E-state index contributed by atoms with van der Waals surface area (Å²) in [6.07, 6.45) is 3.63. The van der Waals surface area contributed by atoms with Gasteiger partial charge in [-0.25, -0.2) is 14.8 Å². The summed E-state index contributed by atoms with van der Waals surface area (Å²) in [7, 11) is 1.65. The number of rotatable bonds is 5. The zero-order valence-electron chi connectivity index (χ0n) is 14.4. The molecule has 2 aromatic rings. The standard InChI is InChI=1S/C18H19ClN4O3/c1-22(11-12-4-6-13(7-5-12)17(25)26)16(24)15-14(19)10-20-18(21-15)23-8-2-3-9-23/h4-7,10H,2-3,8-9,11H2,1H3,(H,25,26). The average Bonchev–Trinajstić information content (AvgIpc) is 3.16. The molecule has 0 aliphatic carbocycles. The first kappa shape index (κ1) is 18.1. The second kappa shape index (κ2) is 7.70. The third-order valence-electron chi connectivity index (χ3n) is 4.29. The van der Waals surface area contributed by atoms with Gasteiger partial charge in [-0.1, -0.05) is 23.7 Å². The van der Waals surface area contributed by atoms with Crippen molar-refractivity contribution in [3.63, 3.8) is 0 Å². The third-order valence-corrected chi connectivity index (χ3v) is 4.57. The van der Waals surface area contributed by atoms with Crippen LogP contribution in [-0.2, 0) is 6.54 Å². The van der Waals surface area contributed by atoms with Crippen LogP contribution in [0.2, 0.25) is 5.02 Å². The number of halogens is 1. The molecule has 7 nitrogen and oxygen atoms in total. The van der Waals surface area contributed by atoms with E-state index in [2.05, 4.69) is 9.97 Å². The second-order valence-electron chi connectivity index (χ2n) is 6.22. The van der Waals surface area contributed by atoms with E-state index in [0.717, 1.165) is 31.5 Å². The Morgan fingerprint density at radius 1 is 1.23 bits per heavy atom. The van der Waals surface area contributed by atoms with E-state index in [1.165, 1.54) is 23.2 Å². The number of carbonyl (C=O) groups is 2. The zero-order chi connectivity index (χ0) is 18.7. The number of carboxylic acid groups (broad SMARTS) is 1. The van der Waals surface area contributed by atoms with Crippen LogP contribution in [0.3, 0.4) is 0 Å². The molecule has 3 rings (SSSR count). The van der Waals surface area contributed by atoms with E-state index in [-0.39, 0.29) is 22.2 Å². The Morgan fingerprint density at radius 2 is 1.88 bits per heavy atom. The lowest BCUT2D eigenvalue weighted by molar-refractivity contribution is 0.0695. The Kier molecular flexibility index (Phi) is 5.37. The van der Waals surface area contributed by atoms with Crippen molar-refractivity contribution in [1.29, 1.82) is 0 Å². The molecular formula is C18H19ClN4O3. The maximum absolute atomic E-state index is 12.8. The van der Waals surface area contributed by atoms with Gasteiger partial charge in [0.1, 0.15) is 0 Å². The van der Waals surface area contributed by atoms with Crippen LogP contribution in [0.4, 0.5) is 5.95 Å². The Balaban J connectivity index is 1.75. The summed E-state index contributed by atoms with van der Waals surface area (Å²) in [5, 5.41) is 9.16. The SMILES string of the molecule is CN(Cc1ccc(C(=O)O)cc1)C(=O)c1nc(N2CCCC2)ncc1Cl. The zero-order valence-corrected chi connectivity index (χ0v) is 15.1. The number of carbonyl (C=O) groups excluding carboxylic acids is 1. The first-order chi connectivity index (χ1) is 12.5. The van der Waals surface area contributed by atoms with Crippen LogP contribution in [0.15, 0.2) is 30.5 Å². The number of aromatic carboxylic acids is 1. The van der Waals surface area contributed by atoms with Gasteiger partial charge in [0, 0.05) is 26.7 Å². The van der Waals surface area contributed by atoms with Gasteiger partial charge in [-0.15, -0.1) is 0 Å². The first-order valence-electron chi connectivity index (χ1n) is 8.31. The van der Waals surface area contributed by atoms with Crippen LogP contribution in [0.1, 0.15) is 39.3 Å². The minimum atomic E-state index is -0.983. The molecule has 1 saturated heterocycles. The summed E-state index contributed by atoms with van der Waals surface area (Å²) < 4.78 is 0. The van der Waals surface area contributed by atoms with Crippen LogP contribution in [0.5, 0.6) is 0 Å². The average molecular weight is 375 g/mol. The van der Waals surface area contributed by atoms with Crippen molar-refractivity contribution in [3.8, 4) is 0 Å². The third kappa shape index (κ3) is 3.94. The van der Waals surface area contributed by atoms with Gasteiger partial charge in [-0.05, 0) is 30.5 Å². The lowest BCUT2D eigenvalue weighted by atomic mass is 10.1. The molecule has 1 aromatic heterocycles. The van der Waals surface area contributed by atoms with Gasteiger partial charge in [-0.3, -0.25) is 4.79 Å². The number of aromatic nitrogens is 2. The lowest BCUT2D eigenvalue weighted by Gasteiger charge is -2.19. The molecule has 1 aromatic carbocycles. The number of amides is 1. The van der Waals surface area contributed by atoms with E-state index in [1.54, 1.807) is 19.2 Å². The largest absolute Gasteiger partial charge is 0.478 e. The molecule has 26 heavy (non-hydrogen) atoms. The fourth-order valence-electron chi connectivity index (χ4n) is 2.86. The molecule has 1 N–H and O–H groups in total. The minimum absolute atomic E-state index is 0.174. The Hall–Kier alpha value is -2.67. The number of nitrogens with zero attached hydrogens (tertiary/aromatic N) is 4. The maximum atomic E-state index is 12.8. The van der Waals surface area contributed by atoms with E-state index < -0.39 is 5.97 Å². The van der Waals surface area contributed by atoms with Crippen molar-refractivity contribution in [2.75, 3.05) is 25.0 Å². The monoisotopic (exact) mass is 374 g/mol. The molecule has 1 aliphatic rings. The van der Waals surface area contributed by atoms with Gasteiger partial charge >= 0.3 is 5.97 Å². The molecule has 0 bridgehead atoms. The Labute approximate surface area is 156 Å². The maximum Gasteiger partial charge on any atom is 0.335 e. The fraction of sp³-hybridized carbons (Fsp3) is 0.333. The molecule has 2 heterocycles. The van der Waals surface area contributed by atoms with E-state index >= 15 is 0 Å². The predicted octanol–water partition coefficient (Wildman–Crippen LogP) is 2.70. The highest BCUT2D eigenvalue weighted by Gasteiger charge is 2.22. The molecule has 1 fully saturated rings. The van der Waals surface area contributed by atoms with Crippen LogP contribution in [0, 0.1) is 0 Å². The number of benzene rings is 1. The second-order valence-corrected chi connectivity index (χ2v) is 6.63. The number of hydrogen-bond donors (Lipinski definition) is 1. The molecule has 1 aliphatic heterocycles. The van der Waals surface area contributed by atoms with Crippen LogP contribution in [-0.4, -0.2) is 52.0 Å². The fourth-order valence-corrected chi connectivity index (χ4v) is 3.03. The summed E-state index contributed by atoms with van der Waals surface area (Å²) in [5.74, 6) is -0.766. The van der Waals surface area contributed by atoms with Gasteiger partial charge < -0.3 is 14.9 Å². The Bertz CT molecular complexity index is 820. The molecule has 0 spiro atoms.